The molecule has 3 atom stereocenters. The van der Waals surface area contributed by atoms with Gasteiger partial charge in [0.1, 0.15) is 5.82 Å². The molecule has 2 fully saturated rings. The molecule has 178 valence electrons. The summed E-state index contributed by atoms with van der Waals surface area (Å²) in [6, 6.07) is 9.88. The van der Waals surface area contributed by atoms with Crippen LogP contribution in [0.3, 0.4) is 0 Å². The van der Waals surface area contributed by atoms with Crippen molar-refractivity contribution in [1.82, 2.24) is 19.2 Å². The summed E-state index contributed by atoms with van der Waals surface area (Å²) in [6.45, 7) is 9.51. The Balaban J connectivity index is 1.53. The molecule has 0 radical (unpaired) electrons. The van der Waals surface area contributed by atoms with Crippen LogP contribution in [0.1, 0.15) is 63.1 Å². The minimum absolute atomic E-state index is 0.0301. The fourth-order valence-corrected chi connectivity index (χ4v) is 7.66. The van der Waals surface area contributed by atoms with Crippen LogP contribution in [0.25, 0.3) is 11.4 Å². The monoisotopic (exact) mass is 470 g/mol. The molecule has 3 aliphatic rings. The molecular formula is C25H34N4O3S. The van der Waals surface area contributed by atoms with Crippen molar-refractivity contribution in [3.05, 3.63) is 41.7 Å². The molecule has 1 amide bonds. The summed E-state index contributed by atoms with van der Waals surface area (Å²) < 4.78 is 28.7. The van der Waals surface area contributed by atoms with Gasteiger partial charge in [0.05, 0.1) is 18.0 Å². The predicted octanol–water partition coefficient (Wildman–Crippen LogP) is 3.66. The number of hydrogen-bond donors (Lipinski definition) is 1. The number of amides is 1. The van der Waals surface area contributed by atoms with Crippen molar-refractivity contribution < 1.29 is 13.2 Å². The Morgan fingerprint density at radius 2 is 1.91 bits per heavy atom. The number of nitrogens with zero attached hydrogens (tertiary/aromatic N) is 3. The van der Waals surface area contributed by atoms with Crippen molar-refractivity contribution in [1.29, 1.82) is 0 Å². The summed E-state index contributed by atoms with van der Waals surface area (Å²) >= 11 is 0. The molecule has 5 rings (SSSR count). The van der Waals surface area contributed by atoms with Crippen molar-refractivity contribution in [3.63, 3.8) is 0 Å². The maximum Gasteiger partial charge on any atom is 0.272 e. The Morgan fingerprint density at radius 1 is 1.18 bits per heavy atom. The molecule has 0 saturated heterocycles. The molecule has 3 unspecified atom stereocenters. The lowest BCUT2D eigenvalue weighted by atomic mass is 9.68. The third-order valence-electron chi connectivity index (χ3n) is 8.52. The zero-order chi connectivity index (χ0) is 23.6. The van der Waals surface area contributed by atoms with E-state index in [0.717, 1.165) is 24.2 Å². The maximum atomic E-state index is 13.7. The number of imidazole rings is 1. The van der Waals surface area contributed by atoms with Gasteiger partial charge in [0.2, 0.25) is 10.0 Å². The van der Waals surface area contributed by atoms with Crippen molar-refractivity contribution in [2.45, 2.75) is 66.1 Å². The first-order valence-electron chi connectivity index (χ1n) is 12.0. The smallest absolute Gasteiger partial charge is 0.272 e. The third-order valence-corrected chi connectivity index (χ3v) is 10.4. The highest BCUT2D eigenvalue weighted by Crippen LogP contribution is 2.62. The van der Waals surface area contributed by atoms with Gasteiger partial charge in [-0.25, -0.2) is 13.4 Å². The number of benzene rings is 1. The van der Waals surface area contributed by atoms with Crippen LogP contribution >= 0.6 is 0 Å². The van der Waals surface area contributed by atoms with Crippen LogP contribution in [-0.2, 0) is 23.1 Å². The van der Waals surface area contributed by atoms with Crippen LogP contribution in [0.2, 0.25) is 0 Å². The van der Waals surface area contributed by atoms with Crippen molar-refractivity contribution >= 4 is 15.9 Å². The van der Waals surface area contributed by atoms with Gasteiger partial charge in [-0.1, -0.05) is 51.1 Å². The van der Waals surface area contributed by atoms with Gasteiger partial charge in [0.15, 0.2) is 5.69 Å². The number of rotatable bonds is 5. The molecule has 2 aliphatic carbocycles. The minimum atomic E-state index is -3.36. The average molecular weight is 471 g/mol. The van der Waals surface area contributed by atoms with Gasteiger partial charge in [-0.2, -0.15) is 4.31 Å². The molecule has 1 aliphatic heterocycles. The van der Waals surface area contributed by atoms with E-state index >= 15 is 0 Å². The lowest BCUT2D eigenvalue weighted by Gasteiger charge is -2.43. The molecule has 7 nitrogen and oxygen atoms in total. The van der Waals surface area contributed by atoms with E-state index in [9.17, 15) is 13.2 Å². The molecule has 1 aromatic carbocycles. The highest BCUT2D eigenvalue weighted by molar-refractivity contribution is 7.89. The van der Waals surface area contributed by atoms with Gasteiger partial charge in [0, 0.05) is 24.7 Å². The van der Waals surface area contributed by atoms with E-state index in [4.69, 9.17) is 4.98 Å². The number of nitrogens with one attached hydrogen (secondary N) is 1. The van der Waals surface area contributed by atoms with E-state index in [2.05, 4.69) is 26.1 Å². The first-order chi connectivity index (χ1) is 15.6. The van der Waals surface area contributed by atoms with Gasteiger partial charge in [0.25, 0.3) is 5.91 Å². The number of sulfonamides is 1. The van der Waals surface area contributed by atoms with Crippen molar-refractivity contribution in [3.8, 4) is 11.4 Å². The maximum absolute atomic E-state index is 13.7. The molecule has 2 bridgehead atoms. The van der Waals surface area contributed by atoms with E-state index in [1.807, 2.05) is 34.9 Å². The van der Waals surface area contributed by atoms with Crippen LogP contribution in [0, 0.1) is 16.7 Å². The summed E-state index contributed by atoms with van der Waals surface area (Å²) in [5.74, 6) is 1.20. The SMILES string of the molecule is CCS(=O)(=O)N1CCn2c(-c3ccccc3)nc(C(=O)NC3C4(C)CCC(C4)C3(C)C)c2C1. The average Bonchev–Trinajstić information content (AvgIpc) is 3.43. The molecule has 1 aromatic heterocycles. The summed E-state index contributed by atoms with van der Waals surface area (Å²) in [6.07, 6.45) is 3.49. The number of hydrogen-bond acceptors (Lipinski definition) is 4. The fraction of sp³-hybridized carbons (Fsp3) is 0.600. The third kappa shape index (κ3) is 3.53. The van der Waals surface area contributed by atoms with Gasteiger partial charge in [-0.3, -0.25) is 4.79 Å². The van der Waals surface area contributed by atoms with E-state index in [1.165, 1.54) is 10.7 Å². The summed E-state index contributed by atoms with van der Waals surface area (Å²) in [4.78, 5) is 18.5. The van der Waals surface area contributed by atoms with Crippen LogP contribution in [0.4, 0.5) is 0 Å². The molecule has 1 N–H and O–H groups in total. The summed E-state index contributed by atoms with van der Waals surface area (Å²) in [7, 11) is -3.36. The second kappa shape index (κ2) is 7.67. The zero-order valence-corrected chi connectivity index (χ0v) is 20.8. The van der Waals surface area contributed by atoms with Crippen molar-refractivity contribution in [2.24, 2.45) is 16.7 Å². The molecule has 33 heavy (non-hydrogen) atoms. The van der Waals surface area contributed by atoms with Gasteiger partial charge in [-0.05, 0) is 42.9 Å². The fourth-order valence-electron chi connectivity index (χ4n) is 6.62. The van der Waals surface area contributed by atoms with Gasteiger partial charge in [-0.15, -0.1) is 0 Å². The van der Waals surface area contributed by atoms with Crippen molar-refractivity contribution in [2.75, 3.05) is 12.3 Å². The quantitative estimate of drug-likeness (QED) is 0.723. The van der Waals surface area contributed by atoms with E-state index in [-0.39, 0.29) is 35.1 Å². The molecular weight excluding hydrogens is 436 g/mol. The Kier molecular flexibility index (Phi) is 5.25. The van der Waals surface area contributed by atoms with Crippen LogP contribution in [-0.4, -0.2) is 46.5 Å². The molecule has 2 heterocycles. The largest absolute Gasteiger partial charge is 0.347 e. The number of carbonyl (C=O) groups is 1. The normalized spacial score (nSPS) is 28.6. The van der Waals surface area contributed by atoms with Gasteiger partial charge >= 0.3 is 0 Å². The van der Waals surface area contributed by atoms with Crippen LogP contribution < -0.4 is 5.32 Å². The second-order valence-electron chi connectivity index (χ2n) is 10.8. The van der Waals surface area contributed by atoms with E-state index in [1.54, 1.807) is 6.92 Å². The molecule has 8 heteroatoms. The topological polar surface area (TPSA) is 84.3 Å². The summed E-state index contributed by atoms with van der Waals surface area (Å²) in [5.41, 5.74) is 2.09. The number of carbonyl (C=O) groups excluding carboxylic acids is 1. The first-order valence-corrected chi connectivity index (χ1v) is 13.6. The molecule has 2 aromatic rings. The highest BCUT2D eigenvalue weighted by Gasteiger charge is 2.59. The van der Waals surface area contributed by atoms with E-state index in [0.29, 0.717) is 30.4 Å². The summed E-state index contributed by atoms with van der Waals surface area (Å²) in [5, 5.41) is 3.36. The van der Waals surface area contributed by atoms with Crippen LogP contribution in [0.15, 0.2) is 30.3 Å². The van der Waals surface area contributed by atoms with E-state index < -0.39 is 10.0 Å². The first kappa shape index (κ1) is 22.6. The Hall–Kier alpha value is -2.19. The lowest BCUT2D eigenvalue weighted by molar-refractivity contribution is 0.0731. The molecule has 2 saturated carbocycles. The lowest BCUT2D eigenvalue weighted by Crippen LogP contribution is -2.52. The standard InChI is InChI=1S/C25H34N4O3S/c1-5-33(31,32)28-13-14-29-19(16-28)20(26-21(29)17-9-7-6-8-10-17)22(30)27-23-24(2,3)18-11-12-25(23,4)15-18/h6-10,18,23H,5,11-16H2,1-4H3,(H,27,30). The highest BCUT2D eigenvalue weighted by atomic mass is 32.2. The Bertz CT molecular complexity index is 1180. The number of fused-ring (bicyclic) bond motifs is 3. The predicted molar refractivity (Wildman–Crippen MR) is 128 cm³/mol. The minimum Gasteiger partial charge on any atom is -0.347 e. The zero-order valence-electron chi connectivity index (χ0n) is 20.0. The van der Waals surface area contributed by atoms with Gasteiger partial charge < -0.3 is 9.88 Å². The van der Waals surface area contributed by atoms with Crippen LogP contribution in [0.5, 0.6) is 0 Å². The Morgan fingerprint density at radius 3 is 2.55 bits per heavy atom. The second-order valence-corrected chi connectivity index (χ2v) is 13.1. The Labute approximate surface area is 196 Å². The number of aromatic nitrogens is 2. The molecule has 0 spiro atoms.